The van der Waals surface area contributed by atoms with Gasteiger partial charge in [0.05, 0.1) is 0 Å². The number of benzene rings is 2. The van der Waals surface area contributed by atoms with E-state index in [0.29, 0.717) is 11.4 Å². The van der Waals surface area contributed by atoms with Crippen LogP contribution in [-0.4, -0.2) is 4.99 Å². The molecule has 0 saturated carbocycles. The predicted octanol–water partition coefficient (Wildman–Crippen LogP) is 4.00. The van der Waals surface area contributed by atoms with Gasteiger partial charge in [0.2, 0.25) is 0 Å². The monoisotopic (exact) mass is 298 g/mol. The zero-order chi connectivity index (χ0) is 14.0. The number of nitrogens with two attached hydrogens (primary N) is 1. The molecule has 0 heterocycles. The topological polar surface area (TPSA) is 38.0 Å². The minimum absolute atomic E-state index is 0.0159. The second-order valence-electron chi connectivity index (χ2n) is 3.84. The molecule has 0 atom stereocenters. The van der Waals surface area contributed by atoms with E-state index in [1.165, 1.54) is 30.3 Å². The van der Waals surface area contributed by atoms with Crippen molar-refractivity contribution in [3.8, 4) is 0 Å². The van der Waals surface area contributed by atoms with Crippen molar-refractivity contribution >= 4 is 40.2 Å². The molecule has 0 spiro atoms. The molecule has 0 aliphatic rings. The summed E-state index contributed by atoms with van der Waals surface area (Å²) in [7, 11) is 0. The van der Waals surface area contributed by atoms with Crippen LogP contribution >= 0.6 is 23.8 Å². The number of rotatable bonds is 3. The lowest BCUT2D eigenvalue weighted by atomic mass is 10.2. The number of anilines is 2. The third-order valence-corrected chi connectivity index (χ3v) is 2.82. The molecule has 0 fully saturated rings. The van der Waals surface area contributed by atoms with Crippen LogP contribution in [-0.2, 0) is 0 Å². The van der Waals surface area contributed by atoms with Crippen LogP contribution in [0.4, 0.5) is 20.2 Å². The molecule has 98 valence electrons. The summed E-state index contributed by atoms with van der Waals surface area (Å²) in [6.07, 6.45) is 0. The van der Waals surface area contributed by atoms with Crippen molar-refractivity contribution in [3.05, 3.63) is 58.6 Å². The zero-order valence-electron chi connectivity index (χ0n) is 9.58. The van der Waals surface area contributed by atoms with Crippen molar-refractivity contribution in [1.29, 1.82) is 0 Å². The maximum atomic E-state index is 13.7. The third-order valence-electron chi connectivity index (χ3n) is 2.39. The number of hydrogen-bond acceptors (Lipinski definition) is 2. The Morgan fingerprint density at radius 1 is 1.11 bits per heavy atom. The van der Waals surface area contributed by atoms with Gasteiger partial charge in [-0.15, -0.1) is 0 Å². The number of nitrogens with one attached hydrogen (secondary N) is 1. The van der Waals surface area contributed by atoms with Crippen molar-refractivity contribution in [3.63, 3.8) is 0 Å². The van der Waals surface area contributed by atoms with Gasteiger partial charge in [-0.25, -0.2) is 8.78 Å². The fraction of sp³-hybridized carbons (Fsp3) is 0. The van der Waals surface area contributed by atoms with E-state index in [9.17, 15) is 8.78 Å². The first-order valence-corrected chi connectivity index (χ1v) is 6.07. The van der Waals surface area contributed by atoms with Gasteiger partial charge in [0.15, 0.2) is 0 Å². The van der Waals surface area contributed by atoms with E-state index < -0.39 is 11.6 Å². The van der Waals surface area contributed by atoms with Crippen LogP contribution in [0.25, 0.3) is 0 Å². The average Bonchev–Trinajstić information content (AvgIpc) is 2.26. The normalized spacial score (nSPS) is 10.3. The van der Waals surface area contributed by atoms with Crippen LogP contribution in [0.2, 0.25) is 5.02 Å². The summed E-state index contributed by atoms with van der Waals surface area (Å²) < 4.78 is 26.8. The Morgan fingerprint density at radius 2 is 1.84 bits per heavy atom. The van der Waals surface area contributed by atoms with Gasteiger partial charge < -0.3 is 11.1 Å². The van der Waals surface area contributed by atoms with Crippen molar-refractivity contribution in [2.24, 2.45) is 5.73 Å². The Balaban J connectivity index is 2.28. The molecule has 0 aliphatic heterocycles. The Hall–Kier alpha value is -1.72. The number of hydrogen-bond donors (Lipinski definition) is 2. The molecule has 0 aromatic heterocycles. The van der Waals surface area contributed by atoms with E-state index >= 15 is 0 Å². The molecular formula is C13H9ClF2N2S. The largest absolute Gasteiger partial charge is 0.389 e. The van der Waals surface area contributed by atoms with Crippen molar-refractivity contribution < 1.29 is 8.78 Å². The standard InChI is InChI=1S/C13H9ClF2N2S/c14-7-3-8(15)5-10(4-7)18-9-1-2-11(13(17)19)12(16)6-9/h1-6,18H,(H2,17,19). The maximum absolute atomic E-state index is 13.7. The predicted molar refractivity (Wildman–Crippen MR) is 77.0 cm³/mol. The first-order chi connectivity index (χ1) is 8.95. The maximum Gasteiger partial charge on any atom is 0.135 e. The molecule has 0 saturated heterocycles. The van der Waals surface area contributed by atoms with Gasteiger partial charge in [0.25, 0.3) is 0 Å². The lowest BCUT2D eigenvalue weighted by Crippen LogP contribution is -2.11. The van der Waals surface area contributed by atoms with Crippen LogP contribution in [0.1, 0.15) is 5.56 Å². The fourth-order valence-corrected chi connectivity index (χ4v) is 1.97. The second kappa shape index (κ2) is 5.50. The Labute approximate surface area is 119 Å². The van der Waals surface area contributed by atoms with Gasteiger partial charge in [-0.05, 0) is 36.4 Å². The highest BCUT2D eigenvalue weighted by molar-refractivity contribution is 7.80. The average molecular weight is 299 g/mol. The van der Waals surface area contributed by atoms with E-state index in [0.717, 1.165) is 0 Å². The summed E-state index contributed by atoms with van der Waals surface area (Å²) in [6, 6.07) is 8.25. The minimum Gasteiger partial charge on any atom is -0.389 e. The van der Waals surface area contributed by atoms with Crippen molar-refractivity contribution in [2.45, 2.75) is 0 Å². The molecule has 2 rings (SSSR count). The highest BCUT2D eigenvalue weighted by Gasteiger charge is 2.06. The zero-order valence-corrected chi connectivity index (χ0v) is 11.2. The Bertz CT molecular complexity index is 626. The highest BCUT2D eigenvalue weighted by Crippen LogP contribution is 2.23. The van der Waals surface area contributed by atoms with Crippen LogP contribution in [0.5, 0.6) is 0 Å². The van der Waals surface area contributed by atoms with Crippen LogP contribution in [0.3, 0.4) is 0 Å². The van der Waals surface area contributed by atoms with E-state index in [4.69, 9.17) is 29.6 Å². The number of thiocarbonyl (C=S) groups is 1. The van der Waals surface area contributed by atoms with Crippen LogP contribution in [0.15, 0.2) is 36.4 Å². The van der Waals surface area contributed by atoms with Crippen LogP contribution in [0, 0.1) is 11.6 Å². The molecule has 2 aromatic rings. The van der Waals surface area contributed by atoms with Gasteiger partial charge in [0, 0.05) is 22.0 Å². The summed E-state index contributed by atoms with van der Waals surface area (Å²) in [5.41, 5.74) is 6.39. The molecule has 6 heteroatoms. The van der Waals surface area contributed by atoms with E-state index in [1.54, 1.807) is 6.07 Å². The number of halogens is 3. The summed E-state index contributed by atoms with van der Waals surface area (Å²) in [4.78, 5) is -0.0159. The molecule has 19 heavy (non-hydrogen) atoms. The van der Waals surface area contributed by atoms with Gasteiger partial charge in [-0.1, -0.05) is 23.8 Å². The van der Waals surface area contributed by atoms with Gasteiger partial charge in [0.1, 0.15) is 16.6 Å². The first kappa shape index (κ1) is 13.7. The molecule has 0 unspecified atom stereocenters. The molecule has 3 N–H and O–H groups in total. The van der Waals surface area contributed by atoms with Gasteiger partial charge in [-0.3, -0.25) is 0 Å². The molecule has 0 radical (unpaired) electrons. The third kappa shape index (κ3) is 3.39. The lowest BCUT2D eigenvalue weighted by Gasteiger charge is -2.09. The SMILES string of the molecule is NC(=S)c1ccc(Nc2cc(F)cc(Cl)c2)cc1F. The van der Waals surface area contributed by atoms with Crippen LogP contribution < -0.4 is 11.1 Å². The van der Waals surface area contributed by atoms with E-state index in [1.807, 2.05) is 0 Å². The van der Waals surface area contributed by atoms with Gasteiger partial charge >= 0.3 is 0 Å². The smallest absolute Gasteiger partial charge is 0.135 e. The highest BCUT2D eigenvalue weighted by atomic mass is 35.5. The molecule has 2 aromatic carbocycles. The fourth-order valence-electron chi connectivity index (χ4n) is 1.59. The molecule has 2 nitrogen and oxygen atoms in total. The summed E-state index contributed by atoms with van der Waals surface area (Å²) in [5, 5.41) is 3.10. The first-order valence-electron chi connectivity index (χ1n) is 5.28. The van der Waals surface area contributed by atoms with Crippen molar-refractivity contribution in [1.82, 2.24) is 0 Å². The summed E-state index contributed by atoms with van der Waals surface area (Å²) >= 11 is 10.4. The summed E-state index contributed by atoms with van der Waals surface area (Å²) in [6.45, 7) is 0. The lowest BCUT2D eigenvalue weighted by molar-refractivity contribution is 0.626. The van der Waals surface area contributed by atoms with Gasteiger partial charge in [-0.2, -0.15) is 0 Å². The minimum atomic E-state index is -0.542. The Morgan fingerprint density at radius 3 is 2.42 bits per heavy atom. The van der Waals surface area contributed by atoms with E-state index in [-0.39, 0.29) is 15.6 Å². The second-order valence-corrected chi connectivity index (χ2v) is 4.72. The summed E-state index contributed by atoms with van der Waals surface area (Å²) in [5.74, 6) is -1.02. The molecule has 0 bridgehead atoms. The van der Waals surface area contributed by atoms with E-state index in [2.05, 4.69) is 5.32 Å². The molecule has 0 amide bonds. The quantitative estimate of drug-likeness (QED) is 0.841. The molecule has 0 aliphatic carbocycles. The van der Waals surface area contributed by atoms with Crippen molar-refractivity contribution in [2.75, 3.05) is 5.32 Å². The Kier molecular flexibility index (Phi) is 3.97. The molecular weight excluding hydrogens is 290 g/mol.